The second-order valence-electron chi connectivity index (χ2n) is 5.06. The predicted octanol–water partition coefficient (Wildman–Crippen LogP) is 4.29. The molecular weight excluding hydrogens is 421 g/mol. The third-order valence-corrected chi connectivity index (χ3v) is 4.35. The molecule has 0 amide bonds. The number of nitrogens with one attached hydrogen (secondary N) is 2. The number of hydrogen-bond donors (Lipinski definition) is 2. The Morgan fingerprint density at radius 3 is 2.65 bits per heavy atom. The Hall–Kier alpha value is -1.54. The first-order valence-electron chi connectivity index (χ1n) is 7.20. The van der Waals surface area contributed by atoms with E-state index < -0.39 is 0 Å². The molecule has 0 aliphatic rings. The lowest BCUT2D eigenvalue weighted by atomic mass is 10.1. The van der Waals surface area contributed by atoms with Crippen LogP contribution in [0.25, 0.3) is 11.0 Å². The molecule has 0 radical (unpaired) electrons. The Labute approximate surface area is 157 Å². The van der Waals surface area contributed by atoms with E-state index in [9.17, 15) is 0 Å². The molecule has 3 aromatic rings. The SMILES string of the molecule is CN=C(NCc1ccsc1)NCc1oc2ccccc2c1C.I. The first kappa shape index (κ1) is 17.8. The number of aryl methyl sites for hydroxylation is 1. The van der Waals surface area contributed by atoms with Crippen LogP contribution in [-0.4, -0.2) is 13.0 Å². The van der Waals surface area contributed by atoms with Gasteiger partial charge in [0.25, 0.3) is 0 Å². The second kappa shape index (κ2) is 8.35. The van der Waals surface area contributed by atoms with E-state index in [0.29, 0.717) is 6.54 Å². The van der Waals surface area contributed by atoms with Crippen molar-refractivity contribution < 1.29 is 4.42 Å². The van der Waals surface area contributed by atoms with Crippen LogP contribution in [0.4, 0.5) is 0 Å². The summed E-state index contributed by atoms with van der Waals surface area (Å²) in [5, 5.41) is 12.0. The zero-order chi connectivity index (χ0) is 15.4. The molecule has 2 aromatic heterocycles. The molecule has 23 heavy (non-hydrogen) atoms. The quantitative estimate of drug-likeness (QED) is 0.361. The van der Waals surface area contributed by atoms with Gasteiger partial charge in [0.15, 0.2) is 5.96 Å². The number of fused-ring (bicyclic) bond motifs is 1. The van der Waals surface area contributed by atoms with Crippen molar-refractivity contribution in [2.24, 2.45) is 4.99 Å². The summed E-state index contributed by atoms with van der Waals surface area (Å²) < 4.78 is 5.90. The fourth-order valence-corrected chi connectivity index (χ4v) is 3.03. The number of hydrogen-bond acceptors (Lipinski definition) is 3. The van der Waals surface area contributed by atoms with Crippen LogP contribution in [0.1, 0.15) is 16.9 Å². The topological polar surface area (TPSA) is 49.6 Å². The fourth-order valence-electron chi connectivity index (χ4n) is 2.36. The highest BCUT2D eigenvalue weighted by Gasteiger charge is 2.10. The number of thiophene rings is 1. The van der Waals surface area contributed by atoms with Gasteiger partial charge in [0.1, 0.15) is 11.3 Å². The molecule has 6 heteroatoms. The van der Waals surface area contributed by atoms with Crippen molar-refractivity contribution in [1.29, 1.82) is 0 Å². The lowest BCUT2D eigenvalue weighted by Crippen LogP contribution is -2.36. The molecule has 3 rings (SSSR count). The molecule has 4 nitrogen and oxygen atoms in total. The fraction of sp³-hybridized carbons (Fsp3) is 0.235. The van der Waals surface area contributed by atoms with Crippen LogP contribution in [0.5, 0.6) is 0 Å². The van der Waals surface area contributed by atoms with Crippen LogP contribution < -0.4 is 10.6 Å². The Morgan fingerprint density at radius 2 is 1.96 bits per heavy atom. The molecule has 0 atom stereocenters. The van der Waals surface area contributed by atoms with Crippen LogP contribution >= 0.6 is 35.3 Å². The molecule has 1 aromatic carbocycles. The number of halogens is 1. The predicted molar refractivity (Wildman–Crippen MR) is 108 cm³/mol. The third-order valence-electron chi connectivity index (χ3n) is 3.62. The van der Waals surface area contributed by atoms with Crippen molar-refractivity contribution in [2.45, 2.75) is 20.0 Å². The number of guanidine groups is 1. The Morgan fingerprint density at radius 1 is 1.17 bits per heavy atom. The van der Waals surface area contributed by atoms with Crippen molar-refractivity contribution in [3.63, 3.8) is 0 Å². The summed E-state index contributed by atoms with van der Waals surface area (Å²) in [6.45, 7) is 3.47. The van der Waals surface area contributed by atoms with Gasteiger partial charge in [0.05, 0.1) is 6.54 Å². The van der Waals surface area contributed by atoms with Crippen molar-refractivity contribution in [3.8, 4) is 0 Å². The summed E-state index contributed by atoms with van der Waals surface area (Å²) in [4.78, 5) is 4.24. The first-order valence-corrected chi connectivity index (χ1v) is 8.15. The van der Waals surface area contributed by atoms with E-state index in [1.54, 1.807) is 18.4 Å². The molecule has 0 aliphatic heterocycles. The Kier molecular flexibility index (Phi) is 6.47. The molecule has 122 valence electrons. The maximum absolute atomic E-state index is 5.90. The molecule has 0 spiro atoms. The normalized spacial score (nSPS) is 11.3. The Bertz CT molecular complexity index is 780. The van der Waals surface area contributed by atoms with E-state index in [1.165, 1.54) is 16.5 Å². The molecule has 2 heterocycles. The van der Waals surface area contributed by atoms with E-state index in [-0.39, 0.29) is 24.0 Å². The van der Waals surface area contributed by atoms with Gasteiger partial charge in [0, 0.05) is 24.5 Å². The minimum atomic E-state index is 0. The average molecular weight is 441 g/mol. The number of para-hydroxylation sites is 1. The monoisotopic (exact) mass is 441 g/mol. The lowest BCUT2D eigenvalue weighted by Gasteiger charge is -2.10. The minimum absolute atomic E-state index is 0. The van der Waals surface area contributed by atoms with Crippen LogP contribution in [0.3, 0.4) is 0 Å². The van der Waals surface area contributed by atoms with E-state index in [0.717, 1.165) is 23.8 Å². The highest BCUT2D eigenvalue weighted by Crippen LogP contribution is 2.24. The zero-order valence-corrected chi connectivity index (χ0v) is 16.3. The van der Waals surface area contributed by atoms with Crippen molar-refractivity contribution in [3.05, 3.63) is 58.0 Å². The highest BCUT2D eigenvalue weighted by atomic mass is 127. The highest BCUT2D eigenvalue weighted by molar-refractivity contribution is 14.0. The molecule has 0 saturated carbocycles. The van der Waals surface area contributed by atoms with Gasteiger partial charge in [-0.2, -0.15) is 11.3 Å². The molecular formula is C17H20IN3OS. The molecule has 0 unspecified atom stereocenters. The first-order chi connectivity index (χ1) is 10.8. The Balaban J connectivity index is 0.00000192. The average Bonchev–Trinajstić information content (AvgIpc) is 3.17. The third kappa shape index (κ3) is 4.26. The zero-order valence-electron chi connectivity index (χ0n) is 13.1. The summed E-state index contributed by atoms with van der Waals surface area (Å²) in [6, 6.07) is 10.2. The maximum Gasteiger partial charge on any atom is 0.191 e. The standard InChI is InChI=1S/C17H19N3OS.HI/c1-12-14-5-3-4-6-15(14)21-16(12)10-20-17(18-2)19-9-13-7-8-22-11-13;/h3-8,11H,9-10H2,1-2H3,(H2,18,19,20);1H. The number of benzene rings is 1. The smallest absolute Gasteiger partial charge is 0.191 e. The van der Waals surface area contributed by atoms with Crippen LogP contribution in [0.15, 0.2) is 50.5 Å². The van der Waals surface area contributed by atoms with E-state index in [2.05, 4.69) is 45.4 Å². The van der Waals surface area contributed by atoms with Gasteiger partial charge in [-0.05, 0) is 35.4 Å². The van der Waals surface area contributed by atoms with Crippen LogP contribution in [0.2, 0.25) is 0 Å². The van der Waals surface area contributed by atoms with Gasteiger partial charge in [-0.15, -0.1) is 24.0 Å². The number of nitrogens with zero attached hydrogens (tertiary/aromatic N) is 1. The van der Waals surface area contributed by atoms with Gasteiger partial charge < -0.3 is 15.1 Å². The summed E-state index contributed by atoms with van der Waals surface area (Å²) >= 11 is 1.70. The number of aliphatic imine (C=N–C) groups is 1. The molecule has 0 aliphatic carbocycles. The maximum atomic E-state index is 5.90. The van der Waals surface area contributed by atoms with Crippen molar-refractivity contribution in [1.82, 2.24) is 10.6 Å². The lowest BCUT2D eigenvalue weighted by molar-refractivity contribution is 0.534. The van der Waals surface area contributed by atoms with Crippen LogP contribution in [-0.2, 0) is 13.1 Å². The van der Waals surface area contributed by atoms with E-state index in [4.69, 9.17) is 4.42 Å². The number of rotatable bonds is 4. The van der Waals surface area contributed by atoms with Crippen LogP contribution in [0, 0.1) is 6.92 Å². The minimum Gasteiger partial charge on any atom is -0.459 e. The van der Waals surface area contributed by atoms with Gasteiger partial charge >= 0.3 is 0 Å². The van der Waals surface area contributed by atoms with E-state index in [1.807, 2.05) is 18.2 Å². The summed E-state index contributed by atoms with van der Waals surface area (Å²) in [5.41, 5.74) is 3.36. The summed E-state index contributed by atoms with van der Waals surface area (Å²) in [6.07, 6.45) is 0. The van der Waals surface area contributed by atoms with E-state index >= 15 is 0 Å². The summed E-state index contributed by atoms with van der Waals surface area (Å²) in [5.74, 6) is 1.71. The van der Waals surface area contributed by atoms with Gasteiger partial charge in [-0.1, -0.05) is 18.2 Å². The van der Waals surface area contributed by atoms with Gasteiger partial charge in [0.2, 0.25) is 0 Å². The molecule has 0 fully saturated rings. The molecule has 0 bridgehead atoms. The van der Waals surface area contributed by atoms with Crippen molar-refractivity contribution >= 4 is 52.2 Å². The second-order valence-corrected chi connectivity index (χ2v) is 5.84. The molecule has 0 saturated heterocycles. The number of furan rings is 1. The molecule has 2 N–H and O–H groups in total. The van der Waals surface area contributed by atoms with Gasteiger partial charge in [-0.25, -0.2) is 0 Å². The van der Waals surface area contributed by atoms with Gasteiger partial charge in [-0.3, -0.25) is 4.99 Å². The summed E-state index contributed by atoms with van der Waals surface area (Å²) in [7, 11) is 1.77. The largest absolute Gasteiger partial charge is 0.459 e. The van der Waals surface area contributed by atoms with Crippen molar-refractivity contribution in [2.75, 3.05) is 7.05 Å².